The number of nitrogens with one attached hydrogen (secondary N) is 1. The Morgan fingerprint density at radius 1 is 1.12 bits per heavy atom. The Balaban J connectivity index is 1.32. The van der Waals surface area contributed by atoms with Gasteiger partial charge in [-0.1, -0.05) is 60.4 Å². The highest BCUT2D eigenvalue weighted by atomic mass is 16.6. The molecule has 1 aliphatic carbocycles. The molecule has 0 atom stereocenters. The van der Waals surface area contributed by atoms with E-state index in [2.05, 4.69) is 29.3 Å². The Morgan fingerprint density at radius 3 is 2.38 bits per heavy atom. The van der Waals surface area contributed by atoms with Gasteiger partial charge in [0.15, 0.2) is 6.29 Å². The van der Waals surface area contributed by atoms with Crippen molar-refractivity contribution in [1.82, 2.24) is 5.32 Å². The topological polar surface area (TPSA) is 119 Å². The molecule has 0 saturated carbocycles. The van der Waals surface area contributed by atoms with Gasteiger partial charge in [0.1, 0.15) is 12.4 Å². The third-order valence-electron chi connectivity index (χ3n) is 5.55. The summed E-state index contributed by atoms with van der Waals surface area (Å²) >= 11 is 0. The van der Waals surface area contributed by atoms with Crippen LogP contribution in [0.25, 0.3) is 11.1 Å². The van der Waals surface area contributed by atoms with Crippen molar-refractivity contribution in [2.45, 2.75) is 12.3 Å². The van der Waals surface area contributed by atoms with Gasteiger partial charge in [-0.3, -0.25) is 14.9 Å². The fourth-order valence-electron chi connectivity index (χ4n) is 3.97. The number of aldehydes is 1. The van der Waals surface area contributed by atoms with Crippen LogP contribution in [-0.2, 0) is 4.74 Å². The number of hydrogen-bond acceptors (Lipinski definition) is 6. The van der Waals surface area contributed by atoms with E-state index in [1.807, 2.05) is 36.4 Å². The number of amides is 1. The van der Waals surface area contributed by atoms with E-state index in [0.29, 0.717) is 6.29 Å². The number of nitrogens with zero attached hydrogens (tertiary/aromatic N) is 1. The Hall–Kier alpha value is -4.64. The molecule has 1 aliphatic rings. The summed E-state index contributed by atoms with van der Waals surface area (Å²) in [6, 6.07) is 18.2. The molecule has 0 fully saturated rings. The van der Waals surface area contributed by atoms with Crippen molar-refractivity contribution in [3.8, 4) is 28.7 Å². The second-order valence-corrected chi connectivity index (χ2v) is 7.61. The molecule has 0 saturated heterocycles. The number of fused-ring (bicyclic) bond motifs is 3. The van der Waals surface area contributed by atoms with E-state index in [1.165, 1.54) is 0 Å². The molecule has 8 nitrogen and oxygen atoms in total. The minimum absolute atomic E-state index is 0.0301. The van der Waals surface area contributed by atoms with Gasteiger partial charge in [0, 0.05) is 31.0 Å². The quantitative estimate of drug-likeness (QED) is 0.187. The molecule has 3 aromatic rings. The molecule has 34 heavy (non-hydrogen) atoms. The van der Waals surface area contributed by atoms with E-state index in [1.54, 1.807) is 0 Å². The maximum Gasteiger partial charge on any atom is 0.407 e. The van der Waals surface area contributed by atoms with Crippen molar-refractivity contribution < 1.29 is 24.4 Å². The SMILES string of the molecule is O=Cc1cc([N+](=O)[O-])cc(C#CCCNC(=O)OCC2c3ccccc3-c3ccccc32)c1O. The highest BCUT2D eigenvalue weighted by Crippen LogP contribution is 2.44. The number of phenolic OH excluding ortho intramolecular Hbond substituents is 1. The van der Waals surface area contributed by atoms with E-state index >= 15 is 0 Å². The molecular formula is C26H20N2O6. The Bertz CT molecular complexity index is 1290. The summed E-state index contributed by atoms with van der Waals surface area (Å²) in [5, 5.41) is 23.6. The number of rotatable bonds is 6. The van der Waals surface area contributed by atoms with Crippen LogP contribution >= 0.6 is 0 Å². The highest BCUT2D eigenvalue weighted by Gasteiger charge is 2.28. The fraction of sp³-hybridized carbons (Fsp3) is 0.154. The summed E-state index contributed by atoms with van der Waals surface area (Å²) in [5.74, 6) is 4.86. The average molecular weight is 456 g/mol. The second-order valence-electron chi connectivity index (χ2n) is 7.61. The number of alkyl carbamates (subject to hydrolysis) is 1. The number of ether oxygens (including phenoxy) is 1. The lowest BCUT2D eigenvalue weighted by Gasteiger charge is -2.14. The van der Waals surface area contributed by atoms with Crippen molar-refractivity contribution in [2.75, 3.05) is 13.2 Å². The third-order valence-corrected chi connectivity index (χ3v) is 5.55. The Morgan fingerprint density at radius 2 is 1.76 bits per heavy atom. The lowest BCUT2D eigenvalue weighted by Crippen LogP contribution is -2.26. The minimum Gasteiger partial charge on any atom is -0.506 e. The van der Waals surface area contributed by atoms with Gasteiger partial charge in [0.05, 0.1) is 16.1 Å². The summed E-state index contributed by atoms with van der Waals surface area (Å²) in [4.78, 5) is 33.5. The summed E-state index contributed by atoms with van der Waals surface area (Å²) in [7, 11) is 0. The van der Waals surface area contributed by atoms with E-state index < -0.39 is 16.8 Å². The first kappa shape index (κ1) is 22.6. The first-order valence-corrected chi connectivity index (χ1v) is 10.5. The van der Waals surface area contributed by atoms with Crippen LogP contribution in [0.3, 0.4) is 0 Å². The molecule has 8 heteroatoms. The van der Waals surface area contributed by atoms with Gasteiger partial charge < -0.3 is 15.2 Å². The fourth-order valence-corrected chi connectivity index (χ4v) is 3.97. The Kier molecular flexibility index (Phi) is 6.55. The maximum atomic E-state index is 12.2. The number of nitro groups is 1. The first-order valence-electron chi connectivity index (χ1n) is 10.5. The normalized spacial score (nSPS) is 11.5. The third kappa shape index (κ3) is 4.59. The number of phenols is 1. The van der Waals surface area contributed by atoms with Gasteiger partial charge in [-0.05, 0) is 22.3 Å². The number of benzene rings is 3. The van der Waals surface area contributed by atoms with Crippen molar-refractivity contribution in [1.29, 1.82) is 0 Å². The molecule has 4 rings (SSSR count). The summed E-state index contributed by atoms with van der Waals surface area (Å²) < 4.78 is 5.44. The van der Waals surface area contributed by atoms with Crippen LogP contribution in [0.15, 0.2) is 60.7 Å². The predicted molar refractivity (Wildman–Crippen MR) is 125 cm³/mol. The summed E-state index contributed by atoms with van der Waals surface area (Å²) in [5.41, 5.74) is 3.94. The molecule has 0 heterocycles. The van der Waals surface area contributed by atoms with Gasteiger partial charge in [-0.15, -0.1) is 0 Å². The highest BCUT2D eigenvalue weighted by molar-refractivity contribution is 5.82. The molecule has 170 valence electrons. The van der Waals surface area contributed by atoms with Crippen LogP contribution in [0.2, 0.25) is 0 Å². The van der Waals surface area contributed by atoms with Crippen molar-refractivity contribution in [3.63, 3.8) is 0 Å². The number of carbonyl (C=O) groups is 2. The number of hydrogen-bond donors (Lipinski definition) is 2. The molecule has 3 aromatic carbocycles. The van der Waals surface area contributed by atoms with Crippen LogP contribution in [0.5, 0.6) is 5.75 Å². The molecule has 0 radical (unpaired) electrons. The van der Waals surface area contributed by atoms with Crippen LogP contribution in [0, 0.1) is 22.0 Å². The van der Waals surface area contributed by atoms with Gasteiger partial charge in [-0.2, -0.15) is 0 Å². The minimum atomic E-state index is -0.670. The lowest BCUT2D eigenvalue weighted by atomic mass is 9.98. The zero-order chi connectivity index (χ0) is 24.1. The molecular weight excluding hydrogens is 436 g/mol. The van der Waals surface area contributed by atoms with Crippen LogP contribution in [0.1, 0.15) is 39.4 Å². The van der Waals surface area contributed by atoms with Crippen molar-refractivity contribution >= 4 is 18.1 Å². The monoisotopic (exact) mass is 456 g/mol. The van der Waals surface area contributed by atoms with Crippen molar-refractivity contribution in [2.24, 2.45) is 0 Å². The standard InChI is InChI=1S/C26H20N2O6/c29-15-18-14-19(28(32)33)13-17(25(18)30)7-5-6-12-27-26(31)34-16-24-22-10-3-1-8-20(22)21-9-2-4-11-23(21)24/h1-4,8-11,13-15,24,30H,6,12,16H2,(H,27,31). The van der Waals surface area contributed by atoms with Gasteiger partial charge in [0.25, 0.3) is 5.69 Å². The molecule has 0 bridgehead atoms. The number of non-ortho nitro benzene ring substituents is 1. The molecule has 0 aromatic heterocycles. The van der Waals surface area contributed by atoms with Gasteiger partial charge >= 0.3 is 6.09 Å². The van der Waals surface area contributed by atoms with E-state index in [4.69, 9.17) is 4.74 Å². The smallest absolute Gasteiger partial charge is 0.407 e. The van der Waals surface area contributed by atoms with E-state index in [9.17, 15) is 24.8 Å². The zero-order valence-electron chi connectivity index (χ0n) is 18.0. The van der Waals surface area contributed by atoms with E-state index in [0.717, 1.165) is 34.4 Å². The van der Waals surface area contributed by atoms with Crippen LogP contribution in [-0.4, -0.2) is 35.6 Å². The summed E-state index contributed by atoms with van der Waals surface area (Å²) in [6.07, 6.45) is -0.0419. The van der Waals surface area contributed by atoms with Crippen LogP contribution < -0.4 is 5.32 Å². The molecule has 0 spiro atoms. The number of nitro benzene ring substituents is 1. The average Bonchev–Trinajstić information content (AvgIpc) is 3.17. The van der Waals surface area contributed by atoms with Crippen LogP contribution in [0.4, 0.5) is 10.5 Å². The van der Waals surface area contributed by atoms with Crippen molar-refractivity contribution in [3.05, 3.63) is 93.0 Å². The first-order chi connectivity index (χ1) is 16.5. The predicted octanol–water partition coefficient (Wildman–Crippen LogP) is 4.39. The zero-order valence-corrected chi connectivity index (χ0v) is 18.0. The van der Waals surface area contributed by atoms with Gasteiger partial charge in [-0.25, -0.2) is 4.79 Å². The summed E-state index contributed by atoms with van der Waals surface area (Å²) in [6.45, 7) is 0.376. The molecule has 0 unspecified atom stereocenters. The molecule has 1 amide bonds. The van der Waals surface area contributed by atoms with Gasteiger partial charge in [0.2, 0.25) is 0 Å². The largest absolute Gasteiger partial charge is 0.506 e. The molecule has 2 N–H and O–H groups in total. The second kappa shape index (κ2) is 9.88. The number of aromatic hydroxyl groups is 1. The molecule has 0 aliphatic heterocycles. The number of carbonyl (C=O) groups excluding carboxylic acids is 2. The Labute approximate surface area is 195 Å². The maximum absolute atomic E-state index is 12.2. The lowest BCUT2D eigenvalue weighted by molar-refractivity contribution is -0.384. The van der Waals surface area contributed by atoms with E-state index in [-0.39, 0.29) is 42.3 Å².